The molecule has 0 bridgehead atoms. The molecule has 5 heteroatoms. The lowest BCUT2D eigenvalue weighted by molar-refractivity contribution is 0.0437. The third-order valence-electron chi connectivity index (χ3n) is 3.44. The molecule has 2 atom stereocenters. The zero-order valence-corrected chi connectivity index (χ0v) is 15.0. The molecule has 2 rings (SSSR count). The highest BCUT2D eigenvalue weighted by atomic mass is 127. The van der Waals surface area contributed by atoms with Crippen LogP contribution in [0.15, 0.2) is 30.3 Å². The summed E-state index contributed by atoms with van der Waals surface area (Å²) >= 11 is 2.46. The first-order valence-electron chi connectivity index (χ1n) is 7.28. The zero-order valence-electron chi connectivity index (χ0n) is 12.8. The van der Waals surface area contributed by atoms with Crippen LogP contribution in [0.4, 0.5) is 4.79 Å². The molecule has 2 unspecified atom stereocenters. The van der Waals surface area contributed by atoms with Gasteiger partial charge in [0, 0.05) is 19.1 Å². The second-order valence-electron chi connectivity index (χ2n) is 6.31. The maximum Gasteiger partial charge on any atom is 0.407 e. The summed E-state index contributed by atoms with van der Waals surface area (Å²) in [5.41, 5.74) is 0.860. The van der Waals surface area contributed by atoms with Crippen LogP contribution in [-0.4, -0.2) is 35.7 Å². The fourth-order valence-corrected chi connectivity index (χ4v) is 3.45. The highest BCUT2D eigenvalue weighted by Crippen LogP contribution is 2.35. The normalized spacial score (nSPS) is 20.5. The third-order valence-corrected chi connectivity index (χ3v) is 4.87. The number of benzene rings is 1. The van der Waals surface area contributed by atoms with Crippen molar-refractivity contribution in [3.05, 3.63) is 35.9 Å². The Hall–Kier alpha value is -0.820. The summed E-state index contributed by atoms with van der Waals surface area (Å²) in [5, 5.41) is 2.87. The van der Waals surface area contributed by atoms with Crippen LogP contribution in [0.5, 0.6) is 0 Å². The Balaban J connectivity index is 1.82. The van der Waals surface area contributed by atoms with E-state index in [1.165, 1.54) is 5.56 Å². The Kier molecular flexibility index (Phi) is 5.48. The number of carbonyl (C=O) groups is 1. The van der Waals surface area contributed by atoms with Gasteiger partial charge in [0.25, 0.3) is 0 Å². The highest BCUT2D eigenvalue weighted by Gasteiger charge is 2.33. The summed E-state index contributed by atoms with van der Waals surface area (Å²) in [5.74, 6) is 0. The van der Waals surface area contributed by atoms with Gasteiger partial charge < -0.3 is 10.1 Å². The van der Waals surface area contributed by atoms with E-state index in [0.29, 0.717) is 16.6 Å². The Morgan fingerprint density at radius 2 is 2.10 bits per heavy atom. The van der Waals surface area contributed by atoms with E-state index in [2.05, 4.69) is 57.1 Å². The number of likely N-dealkylation sites (tertiary alicyclic amines) is 1. The molecule has 116 valence electrons. The van der Waals surface area contributed by atoms with Crippen LogP contribution in [0, 0.1) is 0 Å². The van der Waals surface area contributed by atoms with Crippen LogP contribution in [0.1, 0.15) is 36.8 Å². The summed E-state index contributed by atoms with van der Waals surface area (Å²) in [7, 11) is 0. The van der Waals surface area contributed by atoms with Gasteiger partial charge in [0.15, 0.2) is 0 Å². The van der Waals surface area contributed by atoms with E-state index in [-0.39, 0.29) is 6.09 Å². The molecule has 1 N–H and O–H groups in total. The van der Waals surface area contributed by atoms with Gasteiger partial charge in [0.1, 0.15) is 5.60 Å². The van der Waals surface area contributed by atoms with Gasteiger partial charge in [-0.25, -0.2) is 4.79 Å². The lowest BCUT2D eigenvalue weighted by Gasteiger charge is -2.44. The molecule has 1 aliphatic heterocycles. The first-order valence-corrected chi connectivity index (χ1v) is 8.53. The number of alkyl carbamates (subject to hydrolysis) is 1. The van der Waals surface area contributed by atoms with E-state index in [1.54, 1.807) is 0 Å². The molecule has 1 saturated heterocycles. The number of halogens is 1. The molecular formula is C16H23IN2O2. The van der Waals surface area contributed by atoms with Crippen molar-refractivity contribution < 1.29 is 9.53 Å². The minimum atomic E-state index is -0.445. The lowest BCUT2D eigenvalue weighted by Crippen LogP contribution is -2.53. The number of rotatable bonds is 4. The van der Waals surface area contributed by atoms with Crippen molar-refractivity contribution in [1.82, 2.24) is 10.2 Å². The van der Waals surface area contributed by atoms with Crippen molar-refractivity contribution in [1.29, 1.82) is 0 Å². The topological polar surface area (TPSA) is 41.6 Å². The number of ether oxygens (including phenoxy) is 1. The maximum absolute atomic E-state index is 11.7. The average Bonchev–Trinajstić information content (AvgIpc) is 2.36. The summed E-state index contributed by atoms with van der Waals surface area (Å²) in [6.07, 6.45) is 0.779. The summed E-state index contributed by atoms with van der Waals surface area (Å²) in [4.78, 5) is 14.1. The number of amides is 1. The Bertz CT molecular complexity index is 473. The number of nitrogens with zero attached hydrogens (tertiary/aromatic N) is 1. The van der Waals surface area contributed by atoms with E-state index in [9.17, 15) is 4.79 Å². The second-order valence-corrected chi connectivity index (χ2v) is 7.49. The minimum absolute atomic E-state index is 0.334. The second kappa shape index (κ2) is 6.96. The number of nitrogens with one attached hydrogen (secondary N) is 1. The molecule has 1 aromatic carbocycles. The predicted molar refractivity (Wildman–Crippen MR) is 92.6 cm³/mol. The van der Waals surface area contributed by atoms with E-state index >= 15 is 0 Å². The van der Waals surface area contributed by atoms with Gasteiger partial charge in [0.05, 0.1) is 4.05 Å². The predicted octanol–water partition coefficient (Wildman–Crippen LogP) is 3.72. The van der Waals surface area contributed by atoms with Gasteiger partial charge in [-0.3, -0.25) is 4.90 Å². The Labute approximate surface area is 140 Å². The molecule has 0 aromatic heterocycles. The molecule has 0 spiro atoms. The standard InChI is InChI=1S/C16H23IN2O2/c1-16(2,3)21-15(20)18-11-13-9-10-19(13)14(17)12-7-5-4-6-8-12/h4-8,13-14H,9-11H2,1-3H3,(H,18,20). The van der Waals surface area contributed by atoms with Gasteiger partial charge in [0.2, 0.25) is 0 Å². The largest absolute Gasteiger partial charge is 0.444 e. The van der Waals surface area contributed by atoms with Crippen molar-refractivity contribution in [2.24, 2.45) is 0 Å². The van der Waals surface area contributed by atoms with E-state index in [0.717, 1.165) is 13.0 Å². The van der Waals surface area contributed by atoms with Crippen molar-refractivity contribution >= 4 is 28.7 Å². The minimum Gasteiger partial charge on any atom is -0.444 e. The van der Waals surface area contributed by atoms with Gasteiger partial charge in [-0.2, -0.15) is 0 Å². The molecule has 4 nitrogen and oxygen atoms in total. The van der Waals surface area contributed by atoms with E-state index in [1.807, 2.05) is 26.8 Å². The first kappa shape index (κ1) is 16.5. The molecule has 0 radical (unpaired) electrons. The zero-order chi connectivity index (χ0) is 15.5. The molecule has 1 aliphatic rings. The Morgan fingerprint density at radius 1 is 1.43 bits per heavy atom. The number of alkyl halides is 1. The van der Waals surface area contributed by atoms with Gasteiger partial charge in [-0.1, -0.05) is 52.9 Å². The van der Waals surface area contributed by atoms with Crippen molar-refractivity contribution in [2.45, 2.75) is 42.9 Å². The van der Waals surface area contributed by atoms with Crippen molar-refractivity contribution in [3.63, 3.8) is 0 Å². The molecule has 0 aliphatic carbocycles. The summed E-state index contributed by atoms with van der Waals surface area (Å²) in [6, 6.07) is 10.8. The van der Waals surface area contributed by atoms with Crippen LogP contribution >= 0.6 is 22.6 Å². The highest BCUT2D eigenvalue weighted by molar-refractivity contribution is 14.1. The fraction of sp³-hybridized carbons (Fsp3) is 0.562. The van der Waals surface area contributed by atoms with Crippen molar-refractivity contribution in [2.75, 3.05) is 13.1 Å². The van der Waals surface area contributed by atoms with Gasteiger partial charge in [-0.05, 0) is 32.8 Å². The SMILES string of the molecule is CC(C)(C)OC(=O)NCC1CCN1C(I)c1ccccc1. The van der Waals surface area contributed by atoms with Crippen LogP contribution in [0.2, 0.25) is 0 Å². The molecule has 21 heavy (non-hydrogen) atoms. The average molecular weight is 402 g/mol. The van der Waals surface area contributed by atoms with Crippen LogP contribution in [-0.2, 0) is 4.74 Å². The summed E-state index contributed by atoms with van der Waals surface area (Å²) < 4.78 is 5.62. The van der Waals surface area contributed by atoms with Crippen LogP contribution in [0.3, 0.4) is 0 Å². The van der Waals surface area contributed by atoms with E-state index < -0.39 is 5.60 Å². The quantitative estimate of drug-likeness (QED) is 0.474. The molecule has 1 aromatic rings. The number of hydrogen-bond acceptors (Lipinski definition) is 3. The van der Waals surface area contributed by atoms with Gasteiger partial charge in [-0.15, -0.1) is 0 Å². The fourth-order valence-electron chi connectivity index (χ4n) is 2.30. The third kappa shape index (κ3) is 4.85. The van der Waals surface area contributed by atoms with Crippen LogP contribution < -0.4 is 5.32 Å². The van der Waals surface area contributed by atoms with Gasteiger partial charge >= 0.3 is 6.09 Å². The molecular weight excluding hydrogens is 379 g/mol. The maximum atomic E-state index is 11.7. The molecule has 0 saturated carbocycles. The smallest absolute Gasteiger partial charge is 0.407 e. The molecule has 1 amide bonds. The van der Waals surface area contributed by atoms with E-state index in [4.69, 9.17) is 4.74 Å². The van der Waals surface area contributed by atoms with Crippen molar-refractivity contribution in [3.8, 4) is 0 Å². The number of carbonyl (C=O) groups excluding carboxylic acids is 1. The number of hydrogen-bond donors (Lipinski definition) is 1. The monoisotopic (exact) mass is 402 g/mol. The lowest BCUT2D eigenvalue weighted by atomic mass is 10.0. The molecule has 1 fully saturated rings. The Morgan fingerprint density at radius 3 is 2.62 bits per heavy atom. The molecule has 1 heterocycles. The first-order chi connectivity index (χ1) is 9.87. The summed E-state index contributed by atoms with van der Waals surface area (Å²) in [6.45, 7) is 7.33. The van der Waals surface area contributed by atoms with Crippen LogP contribution in [0.25, 0.3) is 0 Å².